The van der Waals surface area contributed by atoms with Crippen molar-refractivity contribution in [2.24, 2.45) is 5.73 Å². The van der Waals surface area contributed by atoms with Gasteiger partial charge in [0.1, 0.15) is 10.6 Å². The monoisotopic (exact) mass is 512 g/mol. The van der Waals surface area contributed by atoms with Crippen LogP contribution in [-0.4, -0.2) is 39.9 Å². The number of ether oxygens (including phenoxy) is 1. The fraction of sp³-hybridized carbons (Fsp3) is 0.286. The Balaban J connectivity index is 1.26. The molecule has 188 valence electrons. The second kappa shape index (κ2) is 10.5. The Hall–Kier alpha value is -4.00. The minimum atomic E-state index is -0.405. The van der Waals surface area contributed by atoms with Gasteiger partial charge in [-0.25, -0.2) is 4.98 Å². The molecule has 4 aromatic rings. The maximum atomic E-state index is 11.3. The van der Waals surface area contributed by atoms with E-state index in [-0.39, 0.29) is 6.04 Å². The fourth-order valence-corrected chi connectivity index (χ4v) is 5.45. The Kier molecular flexibility index (Phi) is 7.04. The number of nitrogens with one attached hydrogen (secondary N) is 1. The summed E-state index contributed by atoms with van der Waals surface area (Å²) in [5, 5.41) is 15.6. The van der Waals surface area contributed by atoms with Gasteiger partial charge in [0.05, 0.1) is 17.0 Å². The summed E-state index contributed by atoms with van der Waals surface area (Å²) in [7, 11) is 0. The number of nitrogens with zero attached hydrogens (tertiary/aromatic N) is 4. The van der Waals surface area contributed by atoms with Crippen LogP contribution in [0.3, 0.4) is 0 Å². The highest BCUT2D eigenvalue weighted by atomic mass is 32.1. The van der Waals surface area contributed by atoms with E-state index in [0.29, 0.717) is 28.7 Å². The van der Waals surface area contributed by atoms with Crippen molar-refractivity contribution >= 4 is 33.4 Å². The van der Waals surface area contributed by atoms with Crippen LogP contribution in [-0.2, 0) is 6.54 Å². The molecule has 1 aliphatic heterocycles. The van der Waals surface area contributed by atoms with Gasteiger partial charge in [-0.15, -0.1) is 11.3 Å². The highest BCUT2D eigenvalue weighted by Gasteiger charge is 2.21. The lowest BCUT2D eigenvalue weighted by atomic mass is 10.0. The molecule has 0 unspecified atom stereocenters. The zero-order valence-electron chi connectivity index (χ0n) is 20.8. The molecule has 37 heavy (non-hydrogen) atoms. The van der Waals surface area contributed by atoms with Gasteiger partial charge in [0.15, 0.2) is 0 Å². The number of nitriles is 1. The molecule has 3 N–H and O–H groups in total. The number of piperidine rings is 1. The number of hydrogen-bond acceptors (Lipinski definition) is 8. The third-order valence-electron chi connectivity index (χ3n) is 6.64. The molecule has 3 heterocycles. The maximum Gasteiger partial charge on any atom is 0.248 e. The number of carbonyl (C=O) groups is 1. The number of thiophene rings is 1. The van der Waals surface area contributed by atoms with E-state index in [1.807, 2.05) is 49.6 Å². The van der Waals surface area contributed by atoms with Gasteiger partial charge in [-0.3, -0.25) is 9.69 Å². The lowest BCUT2D eigenvalue weighted by molar-refractivity contribution is 0.1000. The Morgan fingerprint density at radius 1 is 1.16 bits per heavy atom. The van der Waals surface area contributed by atoms with Gasteiger partial charge in [-0.1, -0.05) is 12.1 Å². The first-order valence-electron chi connectivity index (χ1n) is 12.2. The van der Waals surface area contributed by atoms with Crippen LogP contribution in [0.15, 0.2) is 47.8 Å². The lowest BCUT2D eigenvalue weighted by Gasteiger charge is -2.32. The van der Waals surface area contributed by atoms with Crippen LogP contribution < -0.4 is 15.8 Å². The highest BCUT2D eigenvalue weighted by Crippen LogP contribution is 2.35. The molecule has 5 rings (SSSR count). The van der Waals surface area contributed by atoms with E-state index in [4.69, 9.17) is 20.4 Å². The molecular weight excluding hydrogens is 484 g/mol. The van der Waals surface area contributed by atoms with E-state index < -0.39 is 5.91 Å². The minimum Gasteiger partial charge on any atom is -0.438 e. The van der Waals surface area contributed by atoms with Crippen LogP contribution in [0.25, 0.3) is 10.2 Å². The number of hydrogen-bond donors (Lipinski definition) is 2. The molecule has 0 saturated carbocycles. The van der Waals surface area contributed by atoms with Crippen LogP contribution in [0.5, 0.6) is 11.6 Å². The van der Waals surface area contributed by atoms with Crippen LogP contribution in [0.1, 0.15) is 45.5 Å². The molecular formula is C28H28N6O2S. The van der Waals surface area contributed by atoms with Crippen LogP contribution in [0, 0.1) is 25.2 Å². The Labute approximate surface area is 219 Å². The topological polar surface area (TPSA) is 117 Å². The van der Waals surface area contributed by atoms with E-state index in [0.717, 1.165) is 59.4 Å². The lowest BCUT2D eigenvalue weighted by Crippen LogP contribution is -2.39. The van der Waals surface area contributed by atoms with Crippen molar-refractivity contribution in [1.82, 2.24) is 14.9 Å². The molecule has 0 atom stereocenters. The molecule has 9 heteroatoms. The average molecular weight is 513 g/mol. The van der Waals surface area contributed by atoms with Crippen molar-refractivity contribution < 1.29 is 9.53 Å². The van der Waals surface area contributed by atoms with Crippen LogP contribution >= 0.6 is 11.3 Å². The minimum absolute atomic E-state index is 0.261. The number of anilines is 1. The number of nitrogens with two attached hydrogens (primary N) is 1. The van der Waals surface area contributed by atoms with Gasteiger partial charge in [-0.2, -0.15) is 10.2 Å². The van der Waals surface area contributed by atoms with E-state index >= 15 is 0 Å². The molecule has 0 radical (unpaired) electrons. The summed E-state index contributed by atoms with van der Waals surface area (Å²) in [5.41, 5.74) is 9.43. The zero-order chi connectivity index (χ0) is 25.9. The second-order valence-electron chi connectivity index (χ2n) is 9.40. The smallest absolute Gasteiger partial charge is 0.248 e. The molecule has 8 nitrogen and oxygen atoms in total. The van der Waals surface area contributed by atoms with Gasteiger partial charge in [0.25, 0.3) is 0 Å². The predicted octanol–water partition coefficient (Wildman–Crippen LogP) is 5.15. The van der Waals surface area contributed by atoms with Gasteiger partial charge >= 0.3 is 0 Å². The number of benzene rings is 2. The molecule has 1 amide bonds. The zero-order valence-corrected chi connectivity index (χ0v) is 21.6. The van der Waals surface area contributed by atoms with Crippen molar-refractivity contribution in [2.75, 3.05) is 18.4 Å². The Morgan fingerprint density at radius 3 is 2.51 bits per heavy atom. The Bertz CT molecular complexity index is 1460. The molecule has 1 aliphatic rings. The average Bonchev–Trinajstić information content (AvgIpc) is 3.36. The molecule has 2 aromatic carbocycles. The summed E-state index contributed by atoms with van der Waals surface area (Å²) >= 11 is 1.56. The van der Waals surface area contributed by atoms with Gasteiger partial charge in [-0.05, 0) is 79.1 Å². The standard InChI is InChI=1S/C28H28N6O2S/c1-17-13-20(15-29)14-18(2)24(17)36-26-23-9-12-37-27(23)33-28(32-26)31-22-7-10-34(11-8-22)16-19-3-5-21(6-4-19)25(30)35/h3-6,9,12-14,22H,7-8,10-11,16H2,1-2H3,(H2,30,35)(H,31,32,33). The maximum absolute atomic E-state index is 11.3. The summed E-state index contributed by atoms with van der Waals surface area (Å²) in [4.78, 5) is 24.0. The number of fused-ring (bicyclic) bond motifs is 1. The van der Waals surface area contributed by atoms with Crippen LogP contribution in [0.2, 0.25) is 0 Å². The second-order valence-corrected chi connectivity index (χ2v) is 10.3. The first-order valence-corrected chi connectivity index (χ1v) is 13.1. The first kappa shape index (κ1) is 24.7. The largest absolute Gasteiger partial charge is 0.438 e. The van der Waals surface area contributed by atoms with E-state index in [2.05, 4.69) is 16.3 Å². The Morgan fingerprint density at radius 2 is 1.86 bits per heavy atom. The van der Waals surface area contributed by atoms with E-state index in [1.54, 1.807) is 23.5 Å². The summed E-state index contributed by atoms with van der Waals surface area (Å²) < 4.78 is 6.32. The van der Waals surface area contributed by atoms with Gasteiger partial charge < -0.3 is 15.8 Å². The molecule has 1 fully saturated rings. The quantitative estimate of drug-likeness (QED) is 0.352. The van der Waals surface area contributed by atoms with E-state index in [9.17, 15) is 10.1 Å². The number of amides is 1. The molecule has 0 bridgehead atoms. The van der Waals surface area contributed by atoms with Gasteiger partial charge in [0, 0.05) is 31.2 Å². The van der Waals surface area contributed by atoms with Gasteiger partial charge in [0.2, 0.25) is 17.7 Å². The molecule has 0 aliphatic carbocycles. The predicted molar refractivity (Wildman–Crippen MR) is 145 cm³/mol. The third kappa shape index (κ3) is 5.56. The van der Waals surface area contributed by atoms with Crippen LogP contribution in [0.4, 0.5) is 5.95 Å². The summed E-state index contributed by atoms with van der Waals surface area (Å²) in [6, 6.07) is 15.6. The summed E-state index contributed by atoms with van der Waals surface area (Å²) in [5.74, 6) is 1.39. The molecule has 0 spiro atoms. The van der Waals surface area contributed by atoms with Crippen molar-refractivity contribution in [3.8, 4) is 17.7 Å². The number of rotatable bonds is 7. The fourth-order valence-electron chi connectivity index (χ4n) is 4.69. The first-order chi connectivity index (χ1) is 17.9. The highest BCUT2D eigenvalue weighted by molar-refractivity contribution is 7.16. The van der Waals surface area contributed by atoms with E-state index in [1.165, 1.54) is 0 Å². The van der Waals surface area contributed by atoms with Crippen molar-refractivity contribution in [1.29, 1.82) is 5.26 Å². The number of primary amides is 1. The van der Waals surface area contributed by atoms with Crippen molar-refractivity contribution in [3.05, 3.63) is 75.7 Å². The molecule has 1 saturated heterocycles. The number of aromatic nitrogens is 2. The molecule has 2 aromatic heterocycles. The van der Waals surface area contributed by atoms with Crippen molar-refractivity contribution in [2.45, 2.75) is 39.3 Å². The number of carbonyl (C=O) groups excluding carboxylic acids is 1. The number of likely N-dealkylation sites (tertiary alicyclic amines) is 1. The summed E-state index contributed by atoms with van der Waals surface area (Å²) in [6.45, 7) is 6.61. The SMILES string of the molecule is Cc1cc(C#N)cc(C)c1Oc1nc(NC2CCN(Cc3ccc(C(N)=O)cc3)CC2)nc2sccc12. The van der Waals surface area contributed by atoms with Crippen molar-refractivity contribution in [3.63, 3.8) is 0 Å². The third-order valence-corrected chi connectivity index (χ3v) is 7.45. The summed E-state index contributed by atoms with van der Waals surface area (Å²) in [6.07, 6.45) is 1.93. The normalized spacial score (nSPS) is 14.4. The number of aryl methyl sites for hydroxylation is 2.